The van der Waals surface area contributed by atoms with Gasteiger partial charge in [-0.25, -0.2) is 9.97 Å². The topological polar surface area (TPSA) is 113 Å². The minimum atomic E-state index is -0.719. The van der Waals surface area contributed by atoms with E-state index in [1.807, 2.05) is 18.3 Å². The number of carbonyl (C=O) groups is 1. The Morgan fingerprint density at radius 1 is 1.30 bits per heavy atom. The number of hydrogen-bond donors (Lipinski definition) is 3. The van der Waals surface area contributed by atoms with E-state index in [9.17, 15) is 9.90 Å². The average molecular weight is 526 g/mol. The molecule has 1 amide bonds. The highest BCUT2D eigenvalue weighted by atomic mass is 32.1. The van der Waals surface area contributed by atoms with Gasteiger partial charge in [-0.3, -0.25) is 9.69 Å². The number of nitrogens with one attached hydrogen (secondary N) is 2. The number of carbonyl (C=O) groups excluding carboxylic acids is 1. The van der Waals surface area contributed by atoms with Crippen molar-refractivity contribution < 1.29 is 19.1 Å². The minimum absolute atomic E-state index is 0.0801. The van der Waals surface area contributed by atoms with Gasteiger partial charge in [0.25, 0.3) is 0 Å². The van der Waals surface area contributed by atoms with Crippen molar-refractivity contribution in [2.45, 2.75) is 64.5 Å². The lowest BCUT2D eigenvalue weighted by Crippen LogP contribution is -2.43. The number of nitrogens with zero attached hydrogens (tertiary/aromatic N) is 3. The molecule has 1 saturated heterocycles. The molecule has 3 N–H and O–H groups in total. The van der Waals surface area contributed by atoms with E-state index in [0.717, 1.165) is 40.7 Å². The summed E-state index contributed by atoms with van der Waals surface area (Å²) in [5, 5.41) is 18.0. The van der Waals surface area contributed by atoms with Crippen LogP contribution < -0.4 is 10.6 Å². The number of aromatic nitrogens is 2. The highest BCUT2D eigenvalue weighted by molar-refractivity contribution is 7.15. The minimum Gasteiger partial charge on any atom is -0.443 e. The Morgan fingerprint density at radius 3 is 2.78 bits per heavy atom. The Hall–Kier alpha value is -3.05. The summed E-state index contributed by atoms with van der Waals surface area (Å²) >= 11 is 1.56. The summed E-state index contributed by atoms with van der Waals surface area (Å²) in [7, 11) is 0. The van der Waals surface area contributed by atoms with Crippen LogP contribution in [0, 0.1) is 0 Å². The highest BCUT2D eigenvalue weighted by Crippen LogP contribution is 2.27. The number of aliphatic hydroxyl groups excluding tert-OH is 1. The van der Waals surface area contributed by atoms with Crippen molar-refractivity contribution in [2.24, 2.45) is 0 Å². The molecular weight excluding hydrogens is 490 g/mol. The van der Waals surface area contributed by atoms with Crippen LogP contribution in [0.3, 0.4) is 0 Å². The molecular formula is C27H35N5O4S. The van der Waals surface area contributed by atoms with Crippen molar-refractivity contribution in [1.82, 2.24) is 14.9 Å². The molecule has 4 rings (SSSR count). The first-order chi connectivity index (χ1) is 17.7. The number of hydrogen-bond acceptors (Lipinski definition) is 9. The Kier molecular flexibility index (Phi) is 8.75. The van der Waals surface area contributed by atoms with E-state index in [1.165, 1.54) is 6.08 Å². The number of likely N-dealkylation sites (tertiary alicyclic amines) is 1. The Morgan fingerprint density at radius 2 is 2.08 bits per heavy atom. The van der Waals surface area contributed by atoms with Gasteiger partial charge >= 0.3 is 0 Å². The van der Waals surface area contributed by atoms with Gasteiger partial charge in [0.15, 0.2) is 5.13 Å². The lowest BCUT2D eigenvalue weighted by Gasteiger charge is -2.36. The molecule has 198 valence electrons. The van der Waals surface area contributed by atoms with Crippen LogP contribution in [0.1, 0.15) is 61.9 Å². The molecule has 2 atom stereocenters. The summed E-state index contributed by atoms with van der Waals surface area (Å²) < 4.78 is 11.6. The van der Waals surface area contributed by atoms with Crippen LogP contribution in [0.25, 0.3) is 0 Å². The molecule has 10 heteroatoms. The fourth-order valence-corrected chi connectivity index (χ4v) is 4.89. The molecule has 37 heavy (non-hydrogen) atoms. The second-order valence-electron chi connectivity index (χ2n) is 10.2. The van der Waals surface area contributed by atoms with E-state index in [-0.39, 0.29) is 17.4 Å². The van der Waals surface area contributed by atoms with Gasteiger partial charge in [0.1, 0.15) is 18.6 Å². The first-order valence-electron chi connectivity index (χ1n) is 12.4. The van der Waals surface area contributed by atoms with Crippen molar-refractivity contribution in [3.63, 3.8) is 0 Å². The Balaban J connectivity index is 1.25. The lowest BCUT2D eigenvalue weighted by molar-refractivity contribution is -0.111. The van der Waals surface area contributed by atoms with Crippen LogP contribution in [-0.4, -0.2) is 45.0 Å². The molecule has 2 aromatic heterocycles. The van der Waals surface area contributed by atoms with Crippen molar-refractivity contribution >= 4 is 28.1 Å². The number of oxazole rings is 1. The second-order valence-corrected chi connectivity index (χ2v) is 11.3. The van der Waals surface area contributed by atoms with Gasteiger partial charge in [0.2, 0.25) is 11.8 Å². The largest absolute Gasteiger partial charge is 0.443 e. The smallest absolute Gasteiger partial charge is 0.247 e. The number of piperidine rings is 1. The molecule has 1 aliphatic heterocycles. The van der Waals surface area contributed by atoms with Gasteiger partial charge in [-0.1, -0.05) is 50.8 Å². The number of anilines is 2. The van der Waals surface area contributed by atoms with Gasteiger partial charge in [-0.15, -0.1) is 0 Å². The first kappa shape index (κ1) is 27.0. The maximum absolute atomic E-state index is 11.5. The molecule has 0 spiro atoms. The van der Waals surface area contributed by atoms with Crippen LogP contribution in [0.5, 0.6) is 0 Å². The number of thiazole rings is 1. The average Bonchev–Trinajstić information content (AvgIpc) is 3.54. The monoisotopic (exact) mass is 525 g/mol. The number of rotatable bonds is 10. The molecule has 0 radical (unpaired) electrons. The van der Waals surface area contributed by atoms with Crippen molar-refractivity contribution in [1.29, 1.82) is 0 Å². The van der Waals surface area contributed by atoms with Crippen LogP contribution in [0.4, 0.5) is 10.8 Å². The highest BCUT2D eigenvalue weighted by Gasteiger charge is 2.26. The summed E-state index contributed by atoms with van der Waals surface area (Å²) in [6.07, 6.45) is 6.06. The zero-order valence-electron chi connectivity index (χ0n) is 21.6. The molecule has 3 aromatic rings. The van der Waals surface area contributed by atoms with E-state index < -0.39 is 6.23 Å². The number of ether oxygens (including phenoxy) is 1. The summed E-state index contributed by atoms with van der Waals surface area (Å²) in [5.74, 6) is 1.15. The molecule has 1 fully saturated rings. The molecule has 9 nitrogen and oxygen atoms in total. The zero-order chi connectivity index (χ0) is 26.4. The van der Waals surface area contributed by atoms with E-state index >= 15 is 0 Å². The van der Waals surface area contributed by atoms with Gasteiger partial charge < -0.3 is 24.9 Å². The van der Waals surface area contributed by atoms with Crippen LogP contribution in [-0.2, 0) is 28.2 Å². The lowest BCUT2D eigenvalue weighted by atomic mass is 9.94. The maximum Gasteiger partial charge on any atom is 0.247 e. The number of amides is 1. The van der Waals surface area contributed by atoms with E-state index in [4.69, 9.17) is 9.15 Å². The van der Waals surface area contributed by atoms with Crippen LogP contribution in [0.2, 0.25) is 0 Å². The predicted octanol–water partition coefficient (Wildman–Crippen LogP) is 4.84. The third kappa shape index (κ3) is 7.48. The third-order valence-electron chi connectivity index (χ3n) is 6.10. The normalized spacial score (nSPS) is 17.4. The van der Waals surface area contributed by atoms with Gasteiger partial charge in [-0.05, 0) is 36.6 Å². The number of aliphatic hydroxyl groups is 1. The second kappa shape index (κ2) is 12.0. The molecule has 3 heterocycles. The van der Waals surface area contributed by atoms with Crippen molar-refractivity contribution in [3.8, 4) is 0 Å². The quantitative estimate of drug-likeness (QED) is 0.323. The molecule has 1 unspecified atom stereocenters. The fraction of sp³-hybridized carbons (Fsp3) is 0.444. The first-order valence-corrected chi connectivity index (χ1v) is 13.2. The Labute approximate surface area is 221 Å². The van der Waals surface area contributed by atoms with Gasteiger partial charge in [0, 0.05) is 36.4 Å². The molecule has 0 aliphatic carbocycles. The van der Waals surface area contributed by atoms with Crippen LogP contribution in [0.15, 0.2) is 53.7 Å². The summed E-state index contributed by atoms with van der Waals surface area (Å²) in [6, 6.07) is 7.40. The van der Waals surface area contributed by atoms with Crippen LogP contribution >= 0.6 is 11.3 Å². The fourth-order valence-electron chi connectivity index (χ4n) is 4.07. The maximum atomic E-state index is 11.5. The summed E-state index contributed by atoms with van der Waals surface area (Å²) in [6.45, 7) is 12.0. The standard InChI is InChI=1S/C27H35N5O4S/c1-5-23(33)30-19-10-8-18(9-11-19)25(34)32-12-6-7-20(15-32)31-26-29-13-21(37-26)16-35-17-24-28-14-22(36-24)27(2,3)4/h5,8-11,13-14,20,25,34H,1,6-7,12,15-17H2,2-4H3,(H,29,31)(H,30,33)/t20-,25?/m1/s1. The van der Waals surface area contributed by atoms with Crippen molar-refractivity contribution in [2.75, 3.05) is 23.7 Å². The molecule has 0 bridgehead atoms. The van der Waals surface area contributed by atoms with E-state index in [0.29, 0.717) is 31.3 Å². The molecule has 0 saturated carbocycles. The SMILES string of the molecule is C=CC(=O)Nc1ccc(C(O)N2CCC[C@@H](Nc3ncc(COCc4ncc(C(C)(C)C)o4)s3)C2)cc1. The van der Waals surface area contributed by atoms with Crippen molar-refractivity contribution in [3.05, 3.63) is 71.4 Å². The third-order valence-corrected chi connectivity index (χ3v) is 7.01. The molecule has 1 aromatic carbocycles. The number of benzene rings is 1. The summed E-state index contributed by atoms with van der Waals surface area (Å²) in [4.78, 5) is 23.3. The van der Waals surface area contributed by atoms with E-state index in [1.54, 1.807) is 29.7 Å². The zero-order valence-corrected chi connectivity index (χ0v) is 22.4. The Bertz CT molecular complexity index is 1180. The van der Waals surface area contributed by atoms with E-state index in [2.05, 4.69) is 52.9 Å². The predicted molar refractivity (Wildman–Crippen MR) is 144 cm³/mol. The molecule has 1 aliphatic rings. The summed E-state index contributed by atoms with van der Waals surface area (Å²) in [5.41, 5.74) is 1.37. The van der Waals surface area contributed by atoms with Gasteiger partial charge in [-0.2, -0.15) is 0 Å². The van der Waals surface area contributed by atoms with Gasteiger partial charge in [0.05, 0.1) is 17.7 Å².